The van der Waals surface area contributed by atoms with Gasteiger partial charge in [0.25, 0.3) is 5.91 Å². The van der Waals surface area contributed by atoms with Gasteiger partial charge in [0.1, 0.15) is 11.4 Å². The molecule has 0 unspecified atom stereocenters. The number of hydrogen-bond donors (Lipinski definition) is 1. The molecule has 0 aromatic rings. The summed E-state index contributed by atoms with van der Waals surface area (Å²) in [7, 11) is 1.83. The zero-order valence-electron chi connectivity index (χ0n) is 9.25. The van der Waals surface area contributed by atoms with Crippen molar-refractivity contribution in [2.75, 3.05) is 20.1 Å². The molecule has 15 heavy (non-hydrogen) atoms. The number of amides is 1. The molecule has 2 heterocycles. The van der Waals surface area contributed by atoms with Crippen molar-refractivity contribution >= 4 is 24.1 Å². The maximum absolute atomic E-state index is 12.0. The first-order chi connectivity index (χ1) is 6.69. The molecule has 0 aromatic heterocycles. The zero-order chi connectivity index (χ0) is 10.2. The Morgan fingerprint density at radius 3 is 2.53 bits per heavy atom. The number of amidine groups is 1. The van der Waals surface area contributed by atoms with Gasteiger partial charge in [-0.05, 0) is 25.9 Å². The number of rotatable bonds is 1. The minimum absolute atomic E-state index is 0. The average molecular weight is 232 g/mol. The maximum atomic E-state index is 12.0. The molecule has 0 saturated carbocycles. The summed E-state index contributed by atoms with van der Waals surface area (Å²) >= 11 is 0. The van der Waals surface area contributed by atoms with Gasteiger partial charge in [-0.1, -0.05) is 6.92 Å². The van der Waals surface area contributed by atoms with Crippen LogP contribution in [-0.2, 0) is 4.79 Å². The van der Waals surface area contributed by atoms with Crippen LogP contribution in [0.15, 0.2) is 4.99 Å². The fourth-order valence-corrected chi connectivity index (χ4v) is 2.28. The summed E-state index contributed by atoms with van der Waals surface area (Å²) in [5.41, 5.74) is -0.411. The van der Waals surface area contributed by atoms with Crippen molar-refractivity contribution in [2.24, 2.45) is 4.99 Å². The Bertz CT molecular complexity index is 284. The molecule has 0 aromatic carbocycles. The van der Waals surface area contributed by atoms with E-state index in [4.69, 9.17) is 0 Å². The van der Waals surface area contributed by atoms with Gasteiger partial charge in [-0.15, -0.1) is 12.4 Å². The lowest BCUT2D eigenvalue weighted by Gasteiger charge is -2.29. The number of nitrogens with zero attached hydrogens (tertiary/aromatic N) is 2. The molecule has 1 spiro atoms. The van der Waals surface area contributed by atoms with Crippen molar-refractivity contribution in [1.29, 1.82) is 0 Å². The Morgan fingerprint density at radius 1 is 1.47 bits per heavy atom. The Morgan fingerprint density at radius 2 is 2.07 bits per heavy atom. The van der Waals surface area contributed by atoms with Crippen molar-refractivity contribution in [3.63, 3.8) is 0 Å². The summed E-state index contributed by atoms with van der Waals surface area (Å²) in [6.07, 6.45) is 2.54. The van der Waals surface area contributed by atoms with Gasteiger partial charge in [0, 0.05) is 13.5 Å². The molecular weight excluding hydrogens is 214 g/mol. The van der Waals surface area contributed by atoms with Crippen LogP contribution in [0.2, 0.25) is 0 Å². The van der Waals surface area contributed by atoms with E-state index < -0.39 is 5.54 Å². The third-order valence-corrected chi connectivity index (χ3v) is 3.18. The molecule has 1 amide bonds. The van der Waals surface area contributed by atoms with E-state index in [0.717, 1.165) is 38.2 Å². The molecule has 1 N–H and O–H groups in total. The van der Waals surface area contributed by atoms with Gasteiger partial charge in [-0.25, -0.2) is 0 Å². The summed E-state index contributed by atoms with van der Waals surface area (Å²) < 4.78 is 0. The predicted molar refractivity (Wildman–Crippen MR) is 62.6 cm³/mol. The van der Waals surface area contributed by atoms with Crippen LogP contribution in [0.25, 0.3) is 0 Å². The van der Waals surface area contributed by atoms with Gasteiger partial charge in [0.05, 0.1) is 0 Å². The van der Waals surface area contributed by atoms with E-state index >= 15 is 0 Å². The molecule has 5 heteroatoms. The van der Waals surface area contributed by atoms with Crippen LogP contribution in [0.5, 0.6) is 0 Å². The van der Waals surface area contributed by atoms with Gasteiger partial charge in [0.15, 0.2) is 0 Å². The van der Waals surface area contributed by atoms with E-state index in [2.05, 4.69) is 10.3 Å². The van der Waals surface area contributed by atoms with Crippen LogP contribution >= 0.6 is 12.4 Å². The second kappa shape index (κ2) is 4.49. The Labute approximate surface area is 96.5 Å². The lowest BCUT2D eigenvalue weighted by atomic mass is 9.89. The fourth-order valence-electron chi connectivity index (χ4n) is 2.28. The van der Waals surface area contributed by atoms with E-state index in [1.54, 1.807) is 4.90 Å². The van der Waals surface area contributed by atoms with Crippen LogP contribution in [-0.4, -0.2) is 42.3 Å². The van der Waals surface area contributed by atoms with Gasteiger partial charge < -0.3 is 10.2 Å². The van der Waals surface area contributed by atoms with Crippen molar-refractivity contribution < 1.29 is 4.79 Å². The number of nitrogens with one attached hydrogen (secondary N) is 1. The number of halogens is 1. The number of hydrogen-bond acceptors (Lipinski definition) is 3. The molecule has 0 radical (unpaired) electrons. The first kappa shape index (κ1) is 12.5. The Balaban J connectivity index is 0.00000112. The van der Waals surface area contributed by atoms with E-state index in [0.29, 0.717) is 0 Å². The van der Waals surface area contributed by atoms with E-state index in [9.17, 15) is 4.79 Å². The molecule has 0 bridgehead atoms. The predicted octanol–water partition coefficient (Wildman–Crippen LogP) is 0.811. The van der Waals surface area contributed by atoms with Crippen molar-refractivity contribution in [3.05, 3.63) is 0 Å². The minimum atomic E-state index is -0.411. The highest BCUT2D eigenvalue weighted by Crippen LogP contribution is 2.31. The average Bonchev–Trinajstić information content (AvgIpc) is 2.45. The summed E-state index contributed by atoms with van der Waals surface area (Å²) in [5, 5.41) is 3.26. The lowest BCUT2D eigenvalue weighted by Crippen LogP contribution is -2.47. The first-order valence-electron chi connectivity index (χ1n) is 5.27. The Kier molecular flexibility index (Phi) is 3.73. The quantitative estimate of drug-likeness (QED) is 0.726. The van der Waals surface area contributed by atoms with E-state index in [1.165, 1.54) is 0 Å². The summed E-state index contributed by atoms with van der Waals surface area (Å²) in [5.74, 6) is 1.13. The van der Waals surface area contributed by atoms with Gasteiger partial charge in [-0.3, -0.25) is 9.79 Å². The summed E-state index contributed by atoms with van der Waals surface area (Å²) in [6, 6.07) is 0. The summed E-state index contributed by atoms with van der Waals surface area (Å²) in [4.78, 5) is 18.4. The van der Waals surface area contributed by atoms with Gasteiger partial charge in [0.2, 0.25) is 0 Å². The lowest BCUT2D eigenvalue weighted by molar-refractivity contribution is -0.131. The summed E-state index contributed by atoms with van der Waals surface area (Å²) in [6.45, 7) is 3.85. The molecule has 2 aliphatic heterocycles. The normalized spacial score (nSPS) is 24.0. The third-order valence-electron chi connectivity index (χ3n) is 3.18. The van der Waals surface area contributed by atoms with Crippen LogP contribution in [0.4, 0.5) is 0 Å². The molecule has 86 valence electrons. The molecular formula is C10H18ClN3O. The van der Waals surface area contributed by atoms with E-state index in [1.807, 2.05) is 14.0 Å². The standard InChI is InChI=1S/C10H17N3O.ClH/c1-3-8-12-10(9(14)13(8)2)4-6-11-7-5-10;/h11H,3-7H2,1-2H3;1H. The Hall–Kier alpha value is -0.610. The largest absolute Gasteiger partial charge is 0.317 e. The number of carbonyl (C=O) groups excluding carboxylic acids is 1. The van der Waals surface area contributed by atoms with Crippen LogP contribution in [0.3, 0.4) is 0 Å². The topological polar surface area (TPSA) is 44.7 Å². The molecule has 2 rings (SSSR count). The van der Waals surface area contributed by atoms with Crippen molar-refractivity contribution in [2.45, 2.75) is 31.7 Å². The number of carbonyl (C=O) groups is 1. The SMILES string of the molecule is CCC1=NC2(CCNCC2)C(=O)N1C.Cl. The molecule has 4 nitrogen and oxygen atoms in total. The highest BCUT2D eigenvalue weighted by Gasteiger charge is 2.46. The zero-order valence-corrected chi connectivity index (χ0v) is 10.1. The highest BCUT2D eigenvalue weighted by atomic mass is 35.5. The molecule has 0 atom stereocenters. The molecule has 1 saturated heterocycles. The smallest absolute Gasteiger partial charge is 0.255 e. The second-order valence-corrected chi connectivity index (χ2v) is 4.03. The van der Waals surface area contributed by atoms with Gasteiger partial charge >= 0.3 is 0 Å². The second-order valence-electron chi connectivity index (χ2n) is 4.03. The molecule has 1 fully saturated rings. The first-order valence-corrected chi connectivity index (χ1v) is 5.27. The van der Waals surface area contributed by atoms with E-state index in [-0.39, 0.29) is 18.3 Å². The van der Waals surface area contributed by atoms with Crippen LogP contribution in [0, 0.1) is 0 Å². The van der Waals surface area contributed by atoms with Crippen LogP contribution < -0.4 is 5.32 Å². The minimum Gasteiger partial charge on any atom is -0.317 e. The fraction of sp³-hybridized carbons (Fsp3) is 0.800. The monoisotopic (exact) mass is 231 g/mol. The highest BCUT2D eigenvalue weighted by molar-refractivity contribution is 6.07. The number of piperidine rings is 1. The molecule has 0 aliphatic carbocycles. The third kappa shape index (κ3) is 1.88. The van der Waals surface area contributed by atoms with Gasteiger partial charge in [-0.2, -0.15) is 0 Å². The van der Waals surface area contributed by atoms with Crippen molar-refractivity contribution in [3.8, 4) is 0 Å². The maximum Gasteiger partial charge on any atom is 0.255 e. The molecule has 2 aliphatic rings. The van der Waals surface area contributed by atoms with Crippen molar-refractivity contribution in [1.82, 2.24) is 10.2 Å². The van der Waals surface area contributed by atoms with Crippen LogP contribution in [0.1, 0.15) is 26.2 Å². The number of likely N-dealkylation sites (N-methyl/N-ethyl adjacent to an activating group) is 1. The number of aliphatic imine (C=N–C) groups is 1.